The number of rotatable bonds is 5. The summed E-state index contributed by atoms with van der Waals surface area (Å²) in [6, 6.07) is 7.32. The summed E-state index contributed by atoms with van der Waals surface area (Å²) in [5.74, 6) is -1.00. The van der Waals surface area contributed by atoms with Crippen LogP contribution in [0.15, 0.2) is 24.3 Å². The number of ether oxygens (including phenoxy) is 1. The summed E-state index contributed by atoms with van der Waals surface area (Å²) in [6.45, 7) is 4.99. The van der Waals surface area contributed by atoms with Gasteiger partial charge in [-0.15, -0.1) is 0 Å². The summed E-state index contributed by atoms with van der Waals surface area (Å²) in [4.78, 5) is 11.1. The molecule has 0 amide bonds. The van der Waals surface area contributed by atoms with Crippen LogP contribution in [0.2, 0.25) is 0 Å². The van der Waals surface area contributed by atoms with Crippen molar-refractivity contribution in [3.05, 3.63) is 30.0 Å². The molecule has 0 unspecified atom stereocenters. The fraction of sp³-hybridized carbons (Fsp3) is 0.385. The van der Waals surface area contributed by atoms with E-state index in [1.54, 1.807) is 10.7 Å². The van der Waals surface area contributed by atoms with Crippen LogP contribution in [-0.2, 0) is 11.3 Å². The minimum absolute atomic E-state index is 0.0927. The Morgan fingerprint density at radius 2 is 2.17 bits per heavy atom. The Bertz CT molecular complexity index is 560. The Morgan fingerprint density at radius 1 is 1.44 bits per heavy atom. The van der Waals surface area contributed by atoms with E-state index in [9.17, 15) is 4.79 Å². The van der Waals surface area contributed by atoms with Gasteiger partial charge >= 0.3 is 5.97 Å². The highest BCUT2D eigenvalue weighted by Crippen LogP contribution is 2.18. The zero-order valence-electron chi connectivity index (χ0n) is 10.5. The first kappa shape index (κ1) is 12.6. The normalized spacial score (nSPS) is 11.3. The summed E-state index contributed by atoms with van der Waals surface area (Å²) in [7, 11) is 0. The van der Waals surface area contributed by atoms with Gasteiger partial charge in [0.05, 0.1) is 24.8 Å². The number of carbonyl (C=O) groups is 1. The first-order valence-electron chi connectivity index (χ1n) is 5.90. The molecule has 0 saturated carbocycles. The van der Waals surface area contributed by atoms with Gasteiger partial charge < -0.3 is 9.84 Å². The number of aromatic carboxylic acids is 1. The van der Waals surface area contributed by atoms with Gasteiger partial charge in [-0.05, 0) is 19.9 Å². The van der Waals surface area contributed by atoms with Crippen molar-refractivity contribution < 1.29 is 14.6 Å². The van der Waals surface area contributed by atoms with Gasteiger partial charge in [-0.25, -0.2) is 4.79 Å². The number of fused-ring (bicyclic) bond motifs is 1. The molecule has 2 aromatic rings. The predicted molar refractivity (Wildman–Crippen MR) is 67.8 cm³/mol. The molecule has 0 fully saturated rings. The molecule has 0 aliphatic heterocycles. The molecule has 0 radical (unpaired) electrons. The van der Waals surface area contributed by atoms with Crippen molar-refractivity contribution in [3.8, 4) is 0 Å². The van der Waals surface area contributed by atoms with Crippen LogP contribution in [0.5, 0.6) is 0 Å². The lowest BCUT2D eigenvalue weighted by Gasteiger charge is -2.07. The molecule has 0 saturated heterocycles. The highest BCUT2D eigenvalue weighted by Gasteiger charge is 2.15. The van der Waals surface area contributed by atoms with E-state index in [0.717, 1.165) is 5.52 Å². The number of carboxylic acids is 1. The number of para-hydroxylation sites is 1. The van der Waals surface area contributed by atoms with Crippen molar-refractivity contribution in [1.82, 2.24) is 9.78 Å². The fourth-order valence-electron chi connectivity index (χ4n) is 1.83. The van der Waals surface area contributed by atoms with Crippen LogP contribution < -0.4 is 0 Å². The number of benzene rings is 1. The first-order valence-corrected chi connectivity index (χ1v) is 5.90. The maximum atomic E-state index is 11.1. The average molecular weight is 248 g/mol. The molecule has 5 heteroatoms. The highest BCUT2D eigenvalue weighted by atomic mass is 16.5. The molecule has 1 N–H and O–H groups in total. The molecule has 0 aliphatic carbocycles. The Kier molecular flexibility index (Phi) is 3.62. The minimum Gasteiger partial charge on any atom is -0.476 e. The Hall–Kier alpha value is -1.88. The van der Waals surface area contributed by atoms with Crippen molar-refractivity contribution in [2.75, 3.05) is 6.61 Å². The Labute approximate surface area is 105 Å². The fourth-order valence-corrected chi connectivity index (χ4v) is 1.83. The van der Waals surface area contributed by atoms with Crippen molar-refractivity contribution in [2.24, 2.45) is 0 Å². The van der Waals surface area contributed by atoms with E-state index in [1.165, 1.54) is 0 Å². The van der Waals surface area contributed by atoms with Crippen LogP contribution in [0, 0.1) is 0 Å². The van der Waals surface area contributed by atoms with Crippen LogP contribution in [0.3, 0.4) is 0 Å². The number of carboxylic acid groups (broad SMARTS) is 1. The van der Waals surface area contributed by atoms with E-state index in [4.69, 9.17) is 9.84 Å². The van der Waals surface area contributed by atoms with Crippen molar-refractivity contribution in [3.63, 3.8) is 0 Å². The third-order valence-electron chi connectivity index (χ3n) is 2.61. The van der Waals surface area contributed by atoms with Gasteiger partial charge in [0.25, 0.3) is 0 Å². The molecular formula is C13H16N2O3. The van der Waals surface area contributed by atoms with E-state index in [-0.39, 0.29) is 11.8 Å². The van der Waals surface area contributed by atoms with E-state index >= 15 is 0 Å². The average Bonchev–Trinajstić information content (AvgIpc) is 2.68. The van der Waals surface area contributed by atoms with Crippen LogP contribution in [-0.4, -0.2) is 33.6 Å². The SMILES string of the molecule is CC(C)OCCn1nc(C(=O)O)c2ccccc21. The molecule has 5 nitrogen and oxygen atoms in total. The standard InChI is InChI=1S/C13H16N2O3/c1-9(2)18-8-7-15-11-6-4-3-5-10(11)12(14-15)13(16)17/h3-6,9H,7-8H2,1-2H3,(H,16,17). The van der Waals surface area contributed by atoms with Gasteiger partial charge in [0.1, 0.15) is 0 Å². The molecule has 1 heterocycles. The lowest BCUT2D eigenvalue weighted by molar-refractivity contribution is 0.0673. The van der Waals surface area contributed by atoms with Crippen molar-refractivity contribution >= 4 is 16.9 Å². The second-order valence-corrected chi connectivity index (χ2v) is 4.31. The number of aromatic nitrogens is 2. The van der Waals surface area contributed by atoms with E-state index in [2.05, 4.69) is 5.10 Å². The Morgan fingerprint density at radius 3 is 2.83 bits per heavy atom. The number of hydrogen-bond acceptors (Lipinski definition) is 3. The monoisotopic (exact) mass is 248 g/mol. The largest absolute Gasteiger partial charge is 0.476 e. The third kappa shape index (κ3) is 2.51. The molecule has 1 aromatic carbocycles. The maximum absolute atomic E-state index is 11.1. The Balaban J connectivity index is 2.30. The molecule has 0 atom stereocenters. The number of nitrogens with zero attached hydrogens (tertiary/aromatic N) is 2. The topological polar surface area (TPSA) is 64.4 Å². The van der Waals surface area contributed by atoms with Crippen LogP contribution in [0.1, 0.15) is 24.3 Å². The van der Waals surface area contributed by atoms with E-state index in [0.29, 0.717) is 18.5 Å². The molecular weight excluding hydrogens is 232 g/mol. The van der Waals surface area contributed by atoms with Gasteiger partial charge in [0.15, 0.2) is 5.69 Å². The van der Waals surface area contributed by atoms with E-state index < -0.39 is 5.97 Å². The van der Waals surface area contributed by atoms with Crippen molar-refractivity contribution in [2.45, 2.75) is 26.5 Å². The number of hydrogen-bond donors (Lipinski definition) is 1. The first-order chi connectivity index (χ1) is 8.59. The van der Waals surface area contributed by atoms with Gasteiger partial charge in [0, 0.05) is 5.39 Å². The van der Waals surface area contributed by atoms with Gasteiger partial charge in [-0.3, -0.25) is 4.68 Å². The summed E-state index contributed by atoms with van der Waals surface area (Å²) in [5.41, 5.74) is 0.914. The molecule has 0 bridgehead atoms. The quantitative estimate of drug-likeness (QED) is 0.880. The van der Waals surface area contributed by atoms with Gasteiger partial charge in [-0.1, -0.05) is 18.2 Å². The molecule has 1 aromatic heterocycles. The summed E-state index contributed by atoms with van der Waals surface area (Å²) in [5, 5.41) is 13.9. The predicted octanol–water partition coefficient (Wildman–Crippen LogP) is 2.16. The van der Waals surface area contributed by atoms with Crippen LogP contribution in [0.25, 0.3) is 10.9 Å². The zero-order chi connectivity index (χ0) is 13.1. The maximum Gasteiger partial charge on any atom is 0.357 e. The van der Waals surface area contributed by atoms with Gasteiger partial charge in [0.2, 0.25) is 0 Å². The second-order valence-electron chi connectivity index (χ2n) is 4.31. The smallest absolute Gasteiger partial charge is 0.357 e. The summed E-state index contributed by atoms with van der Waals surface area (Å²) < 4.78 is 7.14. The highest BCUT2D eigenvalue weighted by molar-refractivity contribution is 6.01. The third-order valence-corrected chi connectivity index (χ3v) is 2.61. The summed E-state index contributed by atoms with van der Waals surface area (Å²) >= 11 is 0. The van der Waals surface area contributed by atoms with Crippen molar-refractivity contribution in [1.29, 1.82) is 0 Å². The minimum atomic E-state index is -1.00. The molecule has 0 aliphatic rings. The molecule has 96 valence electrons. The van der Waals surface area contributed by atoms with E-state index in [1.807, 2.05) is 32.0 Å². The van der Waals surface area contributed by atoms with Crippen LogP contribution >= 0.6 is 0 Å². The molecule has 18 heavy (non-hydrogen) atoms. The van der Waals surface area contributed by atoms with Crippen LogP contribution in [0.4, 0.5) is 0 Å². The zero-order valence-corrected chi connectivity index (χ0v) is 10.5. The summed E-state index contributed by atoms with van der Waals surface area (Å²) in [6.07, 6.45) is 0.158. The molecule has 0 spiro atoms. The lowest BCUT2D eigenvalue weighted by Crippen LogP contribution is -2.12. The lowest BCUT2D eigenvalue weighted by atomic mass is 10.2. The second kappa shape index (κ2) is 5.18. The van der Waals surface area contributed by atoms with Gasteiger partial charge in [-0.2, -0.15) is 5.10 Å². The molecule has 2 rings (SSSR count).